The van der Waals surface area contributed by atoms with Crippen LogP contribution in [0.25, 0.3) is 0 Å². The second kappa shape index (κ2) is 12.9. The van der Waals surface area contributed by atoms with E-state index in [4.69, 9.17) is 0 Å². The number of nitrogens with one attached hydrogen (secondary N) is 1. The fourth-order valence-corrected chi connectivity index (χ4v) is 3.20. The van der Waals surface area contributed by atoms with Crippen LogP contribution in [0, 0.1) is 0 Å². The van der Waals surface area contributed by atoms with Crippen molar-refractivity contribution in [3.63, 3.8) is 0 Å². The molecule has 0 amide bonds. The van der Waals surface area contributed by atoms with Crippen LogP contribution in [0.3, 0.4) is 0 Å². The van der Waals surface area contributed by atoms with E-state index in [2.05, 4.69) is 17.0 Å². The molecule has 0 aromatic heterocycles. The maximum absolute atomic E-state index is 11.0. The van der Waals surface area contributed by atoms with Crippen LogP contribution in [0.2, 0.25) is 0 Å². The first-order valence-electron chi connectivity index (χ1n) is 9.60. The van der Waals surface area contributed by atoms with E-state index in [0.717, 1.165) is 24.9 Å². The van der Waals surface area contributed by atoms with Crippen LogP contribution in [-0.4, -0.2) is 25.2 Å². The van der Waals surface area contributed by atoms with Crippen molar-refractivity contribution in [2.75, 3.05) is 7.11 Å². The summed E-state index contributed by atoms with van der Waals surface area (Å²) in [4.78, 5) is 11.0. The summed E-state index contributed by atoms with van der Waals surface area (Å²) in [5, 5.41) is 3.63. The van der Waals surface area contributed by atoms with Gasteiger partial charge in [-0.25, -0.2) is 0 Å². The van der Waals surface area contributed by atoms with Crippen LogP contribution >= 0.6 is 0 Å². The first-order chi connectivity index (χ1) is 10.8. The van der Waals surface area contributed by atoms with Crippen molar-refractivity contribution in [3.8, 4) is 0 Å². The number of ether oxygens (including phenoxy) is 1. The standard InChI is InChI=1S/C19H37NO2/c1-3-4-5-6-8-11-14-17-18(20-17)15-12-9-7-10-13-16-19(21)22-2/h17-18,20H,3-16H2,1-2H3/t17-,18+/m0/s1. The Morgan fingerprint density at radius 2 is 1.32 bits per heavy atom. The van der Waals surface area contributed by atoms with Gasteiger partial charge in [0.05, 0.1) is 7.11 Å². The predicted molar refractivity (Wildman–Crippen MR) is 93.0 cm³/mol. The first-order valence-corrected chi connectivity index (χ1v) is 9.60. The molecule has 2 atom stereocenters. The summed E-state index contributed by atoms with van der Waals surface area (Å²) in [6.07, 6.45) is 17.8. The summed E-state index contributed by atoms with van der Waals surface area (Å²) in [7, 11) is 1.46. The number of unbranched alkanes of at least 4 members (excludes halogenated alkanes) is 9. The van der Waals surface area contributed by atoms with Crippen LogP contribution in [0.15, 0.2) is 0 Å². The summed E-state index contributed by atoms with van der Waals surface area (Å²) in [5.41, 5.74) is 0. The van der Waals surface area contributed by atoms with Crippen LogP contribution in [0.5, 0.6) is 0 Å². The van der Waals surface area contributed by atoms with E-state index in [9.17, 15) is 4.79 Å². The minimum Gasteiger partial charge on any atom is -0.469 e. The van der Waals surface area contributed by atoms with Crippen molar-refractivity contribution in [1.29, 1.82) is 0 Å². The van der Waals surface area contributed by atoms with Gasteiger partial charge in [-0.05, 0) is 19.3 Å². The van der Waals surface area contributed by atoms with Gasteiger partial charge in [-0.1, -0.05) is 71.1 Å². The molecule has 1 fully saturated rings. The fourth-order valence-electron chi connectivity index (χ4n) is 3.20. The Morgan fingerprint density at radius 3 is 1.86 bits per heavy atom. The van der Waals surface area contributed by atoms with Gasteiger partial charge in [0.1, 0.15) is 0 Å². The van der Waals surface area contributed by atoms with Gasteiger partial charge in [-0.2, -0.15) is 0 Å². The van der Waals surface area contributed by atoms with Crippen LogP contribution < -0.4 is 5.32 Å². The lowest BCUT2D eigenvalue weighted by molar-refractivity contribution is -0.140. The minimum absolute atomic E-state index is 0.0697. The first kappa shape index (κ1) is 19.5. The smallest absolute Gasteiger partial charge is 0.305 e. The van der Waals surface area contributed by atoms with Crippen molar-refractivity contribution in [3.05, 3.63) is 0 Å². The SMILES string of the molecule is CCCCCCCC[C@@H]1N[C@@H]1CCCCCCCC(=O)OC. The molecule has 0 bridgehead atoms. The Morgan fingerprint density at radius 1 is 0.818 bits per heavy atom. The largest absolute Gasteiger partial charge is 0.469 e. The molecule has 1 aliphatic rings. The van der Waals surface area contributed by atoms with Gasteiger partial charge >= 0.3 is 5.97 Å². The third-order valence-corrected chi connectivity index (χ3v) is 4.80. The second-order valence-electron chi connectivity index (χ2n) is 6.82. The summed E-state index contributed by atoms with van der Waals surface area (Å²) in [6.45, 7) is 2.28. The number of hydrogen-bond donors (Lipinski definition) is 1. The zero-order valence-corrected chi connectivity index (χ0v) is 14.9. The van der Waals surface area contributed by atoms with Crippen molar-refractivity contribution < 1.29 is 9.53 Å². The molecule has 130 valence electrons. The molecule has 0 radical (unpaired) electrons. The number of rotatable bonds is 15. The molecule has 1 rings (SSSR count). The average Bonchev–Trinajstić information content (AvgIpc) is 3.28. The van der Waals surface area contributed by atoms with E-state index >= 15 is 0 Å². The maximum atomic E-state index is 11.0. The molecular formula is C19H37NO2. The van der Waals surface area contributed by atoms with E-state index in [1.54, 1.807) is 0 Å². The van der Waals surface area contributed by atoms with Gasteiger partial charge < -0.3 is 10.1 Å². The summed E-state index contributed by atoms with van der Waals surface area (Å²) in [5.74, 6) is -0.0697. The predicted octanol–water partition coefficient (Wildman–Crippen LogP) is 4.98. The lowest BCUT2D eigenvalue weighted by Gasteiger charge is -2.02. The molecule has 3 heteroatoms. The molecule has 0 aliphatic carbocycles. The van der Waals surface area contributed by atoms with E-state index in [1.807, 2.05) is 0 Å². The molecule has 0 saturated carbocycles. The summed E-state index contributed by atoms with van der Waals surface area (Å²) < 4.78 is 4.64. The number of methoxy groups -OCH3 is 1. The van der Waals surface area contributed by atoms with Gasteiger partial charge in [0, 0.05) is 18.5 Å². The van der Waals surface area contributed by atoms with Crippen molar-refractivity contribution in [2.24, 2.45) is 0 Å². The quantitative estimate of drug-likeness (QED) is 0.263. The Bertz CT molecular complexity index is 281. The Labute approximate surface area is 137 Å². The lowest BCUT2D eigenvalue weighted by Crippen LogP contribution is -1.99. The van der Waals surface area contributed by atoms with Crippen molar-refractivity contribution in [2.45, 2.75) is 109 Å². The number of hydrogen-bond acceptors (Lipinski definition) is 3. The molecule has 3 nitrogen and oxygen atoms in total. The number of carbonyl (C=O) groups excluding carboxylic acids is 1. The molecular weight excluding hydrogens is 274 g/mol. The molecule has 0 aromatic carbocycles. The highest BCUT2D eigenvalue weighted by atomic mass is 16.5. The van der Waals surface area contributed by atoms with Crippen molar-refractivity contribution in [1.82, 2.24) is 5.32 Å². The average molecular weight is 312 g/mol. The van der Waals surface area contributed by atoms with Crippen LogP contribution in [0.1, 0.15) is 96.8 Å². The minimum atomic E-state index is -0.0697. The number of esters is 1. The van der Waals surface area contributed by atoms with E-state index in [1.165, 1.54) is 77.7 Å². The topological polar surface area (TPSA) is 48.2 Å². The Kier molecular flexibility index (Phi) is 11.4. The second-order valence-corrected chi connectivity index (χ2v) is 6.82. The lowest BCUT2D eigenvalue weighted by atomic mass is 10.0. The zero-order valence-electron chi connectivity index (χ0n) is 14.9. The molecule has 22 heavy (non-hydrogen) atoms. The molecule has 1 heterocycles. The van der Waals surface area contributed by atoms with Gasteiger partial charge in [0.2, 0.25) is 0 Å². The monoisotopic (exact) mass is 311 g/mol. The Balaban J connectivity index is 1.77. The van der Waals surface area contributed by atoms with E-state index in [-0.39, 0.29) is 5.97 Å². The molecule has 1 N–H and O–H groups in total. The van der Waals surface area contributed by atoms with Gasteiger partial charge in [-0.15, -0.1) is 0 Å². The van der Waals surface area contributed by atoms with Crippen molar-refractivity contribution >= 4 is 5.97 Å². The van der Waals surface area contributed by atoms with Crippen LogP contribution in [-0.2, 0) is 9.53 Å². The molecule has 0 unspecified atom stereocenters. The highest BCUT2D eigenvalue weighted by molar-refractivity contribution is 5.68. The molecule has 1 aliphatic heterocycles. The summed E-state index contributed by atoms with van der Waals surface area (Å²) >= 11 is 0. The van der Waals surface area contributed by atoms with E-state index in [0.29, 0.717) is 6.42 Å². The third kappa shape index (κ3) is 10.2. The highest BCUT2D eigenvalue weighted by Gasteiger charge is 2.33. The normalized spacial score (nSPS) is 20.1. The highest BCUT2D eigenvalue weighted by Crippen LogP contribution is 2.24. The Hall–Kier alpha value is -0.570. The molecule has 1 saturated heterocycles. The van der Waals surface area contributed by atoms with E-state index < -0.39 is 0 Å². The van der Waals surface area contributed by atoms with Crippen LogP contribution in [0.4, 0.5) is 0 Å². The maximum Gasteiger partial charge on any atom is 0.305 e. The van der Waals surface area contributed by atoms with Gasteiger partial charge in [0.15, 0.2) is 0 Å². The third-order valence-electron chi connectivity index (χ3n) is 4.80. The van der Waals surface area contributed by atoms with Gasteiger partial charge in [-0.3, -0.25) is 4.79 Å². The zero-order chi connectivity index (χ0) is 16.0. The molecule has 0 spiro atoms. The fraction of sp³-hybridized carbons (Fsp3) is 0.947. The number of carbonyl (C=O) groups is 1. The molecule has 0 aromatic rings. The summed E-state index contributed by atoms with van der Waals surface area (Å²) in [6, 6.07) is 1.64. The van der Waals surface area contributed by atoms with Gasteiger partial charge in [0.25, 0.3) is 0 Å².